The highest BCUT2D eigenvalue weighted by atomic mass is 32.2. The quantitative estimate of drug-likeness (QED) is 0.498. The molecule has 1 aromatic carbocycles. The fourth-order valence-electron chi connectivity index (χ4n) is 2.57. The van der Waals surface area contributed by atoms with Gasteiger partial charge in [0.25, 0.3) is 0 Å². The molecule has 0 amide bonds. The smallest absolute Gasteiger partial charge is 0.347 e. The van der Waals surface area contributed by atoms with E-state index in [4.69, 9.17) is 4.74 Å². The van der Waals surface area contributed by atoms with Crippen molar-refractivity contribution in [3.63, 3.8) is 0 Å². The van der Waals surface area contributed by atoms with E-state index in [0.717, 1.165) is 27.3 Å². The Morgan fingerprint density at radius 2 is 1.88 bits per heavy atom. The van der Waals surface area contributed by atoms with Crippen molar-refractivity contribution >= 4 is 41.3 Å². The predicted octanol–water partition coefficient (Wildman–Crippen LogP) is 0.789. The van der Waals surface area contributed by atoms with Crippen LogP contribution in [-0.4, -0.2) is 11.9 Å². The number of carbonyl (C=O) groups excluding carboxylic acids is 2. The minimum Gasteiger partial charge on any atom is -0.386 e. The van der Waals surface area contributed by atoms with Crippen molar-refractivity contribution in [1.29, 1.82) is 0 Å². The summed E-state index contributed by atoms with van der Waals surface area (Å²) in [6, 6.07) is 0. The zero-order valence-electron chi connectivity index (χ0n) is 8.65. The van der Waals surface area contributed by atoms with E-state index in [1.165, 1.54) is 0 Å². The van der Waals surface area contributed by atoms with Gasteiger partial charge in [-0.2, -0.15) is 0 Å². The lowest BCUT2D eigenvalue weighted by molar-refractivity contribution is 0.0443. The van der Waals surface area contributed by atoms with Gasteiger partial charge in [-0.05, 0) is 21.8 Å². The van der Waals surface area contributed by atoms with Gasteiger partial charge >= 0.3 is 11.9 Å². The Morgan fingerprint density at radius 3 is 2.71 bits per heavy atom. The van der Waals surface area contributed by atoms with E-state index in [9.17, 15) is 9.59 Å². The zero-order chi connectivity index (χ0) is 11.6. The van der Waals surface area contributed by atoms with Gasteiger partial charge in [-0.25, -0.2) is 9.59 Å². The molecule has 1 aromatic rings. The van der Waals surface area contributed by atoms with E-state index in [1.807, 2.05) is 23.6 Å². The average Bonchev–Trinajstić information content (AvgIpc) is 2.96. The van der Waals surface area contributed by atoms with Crippen molar-refractivity contribution in [2.24, 2.45) is 0 Å². The lowest BCUT2D eigenvalue weighted by Gasteiger charge is -2.03. The van der Waals surface area contributed by atoms with Gasteiger partial charge in [-0.15, -0.1) is 11.8 Å². The van der Waals surface area contributed by atoms with Gasteiger partial charge in [0.05, 0.1) is 11.1 Å². The molecule has 0 bridgehead atoms. The molecule has 4 rings (SSSR count). The summed E-state index contributed by atoms with van der Waals surface area (Å²) in [5.74, 6) is -0.178. The molecule has 3 nitrogen and oxygen atoms in total. The topological polar surface area (TPSA) is 43.4 Å². The molecule has 0 saturated heterocycles. The van der Waals surface area contributed by atoms with Crippen LogP contribution < -0.4 is 10.4 Å². The molecule has 4 heteroatoms. The normalized spacial score (nSPS) is 18.4. The number of fused-ring (bicyclic) bond motifs is 6. The summed E-state index contributed by atoms with van der Waals surface area (Å²) in [5, 5.41) is 3.66. The molecule has 82 valence electrons. The Balaban J connectivity index is 2.31. The summed E-state index contributed by atoms with van der Waals surface area (Å²) >= 11 is 1.65. The maximum Gasteiger partial charge on any atom is 0.347 e. The minimum absolute atomic E-state index is 0.438. The number of carbonyl (C=O) groups is 2. The van der Waals surface area contributed by atoms with Crippen LogP contribution in [0.4, 0.5) is 0 Å². The zero-order valence-corrected chi connectivity index (χ0v) is 9.47. The van der Waals surface area contributed by atoms with Crippen LogP contribution >= 0.6 is 11.8 Å². The maximum atomic E-state index is 11.7. The third kappa shape index (κ3) is 0.988. The molecule has 0 unspecified atom stereocenters. The number of rotatable bonds is 0. The first kappa shape index (κ1) is 9.24. The number of hydrogen-bond acceptors (Lipinski definition) is 4. The summed E-state index contributed by atoms with van der Waals surface area (Å²) < 4.78 is 4.73. The van der Waals surface area contributed by atoms with Crippen molar-refractivity contribution in [3.05, 3.63) is 38.8 Å². The Morgan fingerprint density at radius 1 is 1.12 bits per heavy atom. The van der Waals surface area contributed by atoms with Crippen LogP contribution in [0.25, 0.3) is 17.6 Å². The molecule has 0 N–H and O–H groups in total. The highest BCUT2D eigenvalue weighted by molar-refractivity contribution is 8.06. The average molecular weight is 242 g/mol. The van der Waals surface area contributed by atoms with Crippen molar-refractivity contribution in [1.82, 2.24) is 0 Å². The molecule has 0 fully saturated rings. The summed E-state index contributed by atoms with van der Waals surface area (Å²) in [7, 11) is 0. The van der Waals surface area contributed by atoms with E-state index in [1.54, 1.807) is 11.8 Å². The molecular weight excluding hydrogens is 236 g/mol. The summed E-state index contributed by atoms with van der Waals surface area (Å²) in [6.45, 7) is 0. The van der Waals surface area contributed by atoms with E-state index >= 15 is 0 Å². The number of thioether (sulfide) groups is 1. The highest BCUT2D eigenvalue weighted by Crippen LogP contribution is 2.26. The van der Waals surface area contributed by atoms with Gasteiger partial charge < -0.3 is 4.74 Å². The monoisotopic (exact) mass is 242 g/mol. The fraction of sp³-hybridized carbons (Fsp3) is 0.0769. The van der Waals surface area contributed by atoms with Gasteiger partial charge in [-0.3, -0.25) is 0 Å². The number of benzene rings is 1. The summed E-state index contributed by atoms with van der Waals surface area (Å²) in [6.07, 6.45) is 5.77. The van der Waals surface area contributed by atoms with Crippen LogP contribution in [0.5, 0.6) is 0 Å². The van der Waals surface area contributed by atoms with Crippen molar-refractivity contribution in [3.8, 4) is 0 Å². The van der Waals surface area contributed by atoms with Crippen LogP contribution in [0.2, 0.25) is 0 Å². The SMILES string of the molecule is O=C1OC(=O)c2c1c1c(c3c2=CSC3)C=CC=1. The van der Waals surface area contributed by atoms with Crippen molar-refractivity contribution in [2.75, 3.05) is 0 Å². The Kier molecular flexibility index (Phi) is 1.58. The molecular formula is C13H6O3S. The number of esters is 2. The van der Waals surface area contributed by atoms with Crippen molar-refractivity contribution < 1.29 is 14.3 Å². The molecule has 0 saturated carbocycles. The second-order valence-electron chi connectivity index (χ2n) is 4.10. The molecule has 2 aliphatic heterocycles. The van der Waals surface area contributed by atoms with E-state index in [2.05, 4.69) is 0 Å². The minimum atomic E-state index is -0.519. The van der Waals surface area contributed by atoms with Crippen LogP contribution in [0, 0.1) is 0 Å². The fourth-order valence-corrected chi connectivity index (χ4v) is 3.56. The first-order valence-electron chi connectivity index (χ1n) is 5.23. The molecule has 17 heavy (non-hydrogen) atoms. The largest absolute Gasteiger partial charge is 0.386 e. The molecule has 0 spiro atoms. The van der Waals surface area contributed by atoms with Crippen LogP contribution in [0.15, 0.2) is 6.08 Å². The van der Waals surface area contributed by atoms with E-state index in [0.29, 0.717) is 11.1 Å². The second-order valence-corrected chi connectivity index (χ2v) is 4.96. The Labute approximate surface area is 100 Å². The standard InChI is InChI=1S/C13H6O3S/c14-12-10-7-3-1-2-6(7)8-4-17-5-9(8)11(10)13(15)16-12/h1-3,5H,4H2. The maximum absolute atomic E-state index is 11.7. The Bertz CT molecular complexity index is 741. The number of allylic oxidation sites excluding steroid dienone is 1. The van der Waals surface area contributed by atoms with Gasteiger partial charge in [0.15, 0.2) is 0 Å². The molecule has 2 heterocycles. The van der Waals surface area contributed by atoms with Crippen LogP contribution in [-0.2, 0) is 10.5 Å². The first-order chi connectivity index (χ1) is 8.27. The highest BCUT2D eigenvalue weighted by Gasteiger charge is 2.35. The van der Waals surface area contributed by atoms with E-state index < -0.39 is 11.9 Å². The number of hydrogen-bond donors (Lipinski definition) is 0. The second kappa shape index (κ2) is 2.90. The lowest BCUT2D eigenvalue weighted by Crippen LogP contribution is -2.26. The van der Waals surface area contributed by atoms with Gasteiger partial charge in [-0.1, -0.05) is 18.2 Å². The third-order valence-corrected chi connectivity index (χ3v) is 4.14. The molecule has 0 radical (unpaired) electrons. The molecule has 3 aliphatic rings. The van der Waals surface area contributed by atoms with Gasteiger partial charge in [0.2, 0.25) is 0 Å². The van der Waals surface area contributed by atoms with Crippen LogP contribution in [0.1, 0.15) is 31.8 Å². The van der Waals surface area contributed by atoms with E-state index in [-0.39, 0.29) is 0 Å². The third-order valence-electron chi connectivity index (χ3n) is 3.28. The van der Waals surface area contributed by atoms with Crippen LogP contribution in [0.3, 0.4) is 0 Å². The van der Waals surface area contributed by atoms with Gasteiger partial charge in [0, 0.05) is 11.0 Å². The van der Waals surface area contributed by atoms with Gasteiger partial charge in [0.1, 0.15) is 0 Å². The number of ether oxygens (including phenoxy) is 1. The summed E-state index contributed by atoms with van der Waals surface area (Å²) in [4.78, 5) is 23.5. The summed E-state index contributed by atoms with van der Waals surface area (Å²) in [5.41, 5.74) is 3.09. The number of cyclic esters (lactones) is 2. The van der Waals surface area contributed by atoms with Crippen molar-refractivity contribution in [2.45, 2.75) is 5.75 Å². The lowest BCUT2D eigenvalue weighted by atomic mass is 9.96. The first-order valence-corrected chi connectivity index (χ1v) is 6.28. The molecule has 0 atom stereocenters. The predicted molar refractivity (Wildman–Crippen MR) is 64.7 cm³/mol. The Hall–Kier alpha value is -1.81. The molecule has 1 aliphatic carbocycles. The molecule has 0 aromatic heterocycles.